The number of hydrogen-bond acceptors (Lipinski definition) is 3. The van der Waals surface area contributed by atoms with Gasteiger partial charge in [-0.15, -0.1) is 0 Å². The molecule has 0 aliphatic heterocycles. The minimum atomic E-state index is 0.706. The molecule has 23 heavy (non-hydrogen) atoms. The highest BCUT2D eigenvalue weighted by molar-refractivity contribution is 6.08. The Morgan fingerprint density at radius 1 is 0.913 bits per heavy atom. The van der Waals surface area contributed by atoms with Crippen LogP contribution < -0.4 is 0 Å². The molecule has 0 spiro atoms. The Bertz CT molecular complexity index is 984. The van der Waals surface area contributed by atoms with Gasteiger partial charge in [0.15, 0.2) is 0 Å². The Kier molecular flexibility index (Phi) is 3.34. The third kappa shape index (κ3) is 2.29. The maximum atomic E-state index is 6.09. The molecule has 4 aromatic rings. The van der Waals surface area contributed by atoms with Crippen molar-refractivity contribution in [3.63, 3.8) is 0 Å². The fraction of sp³-hybridized carbons (Fsp3) is 0.200. The van der Waals surface area contributed by atoms with Crippen LogP contribution in [-0.4, -0.2) is 9.97 Å². The van der Waals surface area contributed by atoms with Gasteiger partial charge < -0.3 is 4.42 Å². The van der Waals surface area contributed by atoms with Crippen LogP contribution in [0.25, 0.3) is 33.3 Å². The molecule has 0 aliphatic carbocycles. The summed E-state index contributed by atoms with van der Waals surface area (Å²) in [4.78, 5) is 9.20. The van der Waals surface area contributed by atoms with Crippen LogP contribution in [0.15, 0.2) is 53.1 Å². The number of rotatable bonds is 3. The summed E-state index contributed by atoms with van der Waals surface area (Å²) in [6.45, 7) is 4.23. The van der Waals surface area contributed by atoms with Crippen molar-refractivity contribution in [1.29, 1.82) is 0 Å². The number of hydrogen-bond donors (Lipinski definition) is 0. The average molecular weight is 302 g/mol. The van der Waals surface area contributed by atoms with Crippen molar-refractivity contribution >= 4 is 22.1 Å². The molecule has 1 aromatic carbocycles. The number of benzene rings is 1. The lowest BCUT2D eigenvalue weighted by atomic mass is 10.1. The third-order valence-corrected chi connectivity index (χ3v) is 4.29. The highest BCUT2D eigenvalue weighted by Crippen LogP contribution is 2.34. The van der Waals surface area contributed by atoms with Gasteiger partial charge in [0.05, 0.1) is 5.69 Å². The van der Waals surface area contributed by atoms with Gasteiger partial charge in [0.2, 0.25) is 5.71 Å². The second-order valence-corrected chi connectivity index (χ2v) is 5.70. The highest BCUT2D eigenvalue weighted by atomic mass is 16.3. The summed E-state index contributed by atoms with van der Waals surface area (Å²) in [7, 11) is 0. The summed E-state index contributed by atoms with van der Waals surface area (Å²) in [5.41, 5.74) is 5.80. The zero-order valence-electron chi connectivity index (χ0n) is 13.3. The standard InChI is InChI=1S/C20H18N2O/c1-3-13-8-11-18(21-12-13)17-7-5-6-15-16-10-9-14(4-2)22-20(16)23-19(15)17/h5-12H,3-4H2,1-2H3. The van der Waals surface area contributed by atoms with E-state index in [9.17, 15) is 0 Å². The van der Waals surface area contributed by atoms with Crippen molar-refractivity contribution in [3.8, 4) is 11.3 Å². The number of aromatic nitrogens is 2. The van der Waals surface area contributed by atoms with Crippen molar-refractivity contribution in [2.24, 2.45) is 0 Å². The molecule has 0 radical (unpaired) electrons. The molecular weight excluding hydrogens is 284 g/mol. The Hall–Kier alpha value is -2.68. The maximum Gasteiger partial charge on any atom is 0.227 e. The molecule has 3 aromatic heterocycles. The van der Waals surface area contributed by atoms with Crippen LogP contribution >= 0.6 is 0 Å². The molecule has 0 atom stereocenters. The van der Waals surface area contributed by atoms with Gasteiger partial charge in [-0.25, -0.2) is 4.98 Å². The Morgan fingerprint density at radius 3 is 2.57 bits per heavy atom. The van der Waals surface area contributed by atoms with E-state index in [0.29, 0.717) is 5.71 Å². The van der Waals surface area contributed by atoms with E-state index in [4.69, 9.17) is 4.42 Å². The van der Waals surface area contributed by atoms with Crippen LogP contribution in [0.4, 0.5) is 0 Å². The molecule has 0 N–H and O–H groups in total. The van der Waals surface area contributed by atoms with Gasteiger partial charge in [-0.2, -0.15) is 0 Å². The van der Waals surface area contributed by atoms with Crippen molar-refractivity contribution < 1.29 is 4.42 Å². The Labute approximate surface area is 135 Å². The van der Waals surface area contributed by atoms with E-state index in [0.717, 1.165) is 46.1 Å². The van der Waals surface area contributed by atoms with E-state index >= 15 is 0 Å². The maximum absolute atomic E-state index is 6.09. The van der Waals surface area contributed by atoms with Gasteiger partial charge in [-0.05, 0) is 42.7 Å². The summed E-state index contributed by atoms with van der Waals surface area (Å²) in [6, 6.07) is 14.5. The Balaban J connectivity index is 1.95. The summed E-state index contributed by atoms with van der Waals surface area (Å²) in [6.07, 6.45) is 3.83. The van der Waals surface area contributed by atoms with Crippen LogP contribution in [0.5, 0.6) is 0 Å². The summed E-state index contributed by atoms with van der Waals surface area (Å²) >= 11 is 0. The zero-order chi connectivity index (χ0) is 15.8. The van der Waals surface area contributed by atoms with Crippen LogP contribution in [0.2, 0.25) is 0 Å². The first kappa shape index (κ1) is 13.9. The number of furan rings is 1. The second-order valence-electron chi connectivity index (χ2n) is 5.70. The van der Waals surface area contributed by atoms with Crippen LogP contribution in [0.1, 0.15) is 25.1 Å². The molecule has 3 heterocycles. The molecule has 3 nitrogen and oxygen atoms in total. The zero-order valence-corrected chi connectivity index (χ0v) is 13.3. The van der Waals surface area contributed by atoms with Gasteiger partial charge in [-0.1, -0.05) is 32.0 Å². The van der Waals surface area contributed by atoms with Crippen LogP contribution in [0, 0.1) is 0 Å². The lowest BCUT2D eigenvalue weighted by Crippen LogP contribution is -1.86. The SMILES string of the molecule is CCc1ccc(-c2cccc3c2oc2nc(CC)ccc23)nc1. The number of pyridine rings is 2. The quantitative estimate of drug-likeness (QED) is 0.524. The van der Waals surface area contributed by atoms with Gasteiger partial charge in [-0.3, -0.25) is 4.98 Å². The van der Waals surface area contributed by atoms with Crippen molar-refractivity contribution in [3.05, 3.63) is 59.9 Å². The first-order valence-electron chi connectivity index (χ1n) is 8.06. The number of fused-ring (bicyclic) bond motifs is 3. The van der Waals surface area contributed by atoms with E-state index < -0.39 is 0 Å². The number of aryl methyl sites for hydroxylation is 2. The molecular formula is C20H18N2O. The average Bonchev–Trinajstić information content (AvgIpc) is 2.99. The summed E-state index contributed by atoms with van der Waals surface area (Å²) in [5.74, 6) is 0. The third-order valence-electron chi connectivity index (χ3n) is 4.29. The van der Waals surface area contributed by atoms with Gasteiger partial charge >= 0.3 is 0 Å². The highest BCUT2D eigenvalue weighted by Gasteiger charge is 2.13. The molecule has 114 valence electrons. The molecule has 0 aliphatic rings. The van der Waals surface area contributed by atoms with Crippen molar-refractivity contribution in [2.45, 2.75) is 26.7 Å². The summed E-state index contributed by atoms with van der Waals surface area (Å²) in [5, 5.41) is 2.15. The minimum Gasteiger partial charge on any atom is -0.437 e. The smallest absolute Gasteiger partial charge is 0.227 e. The monoisotopic (exact) mass is 302 g/mol. The second kappa shape index (κ2) is 5.51. The van der Waals surface area contributed by atoms with Gasteiger partial charge in [0.25, 0.3) is 0 Å². The molecule has 3 heteroatoms. The molecule has 0 saturated heterocycles. The van der Waals surface area contributed by atoms with Crippen LogP contribution in [0.3, 0.4) is 0 Å². The van der Waals surface area contributed by atoms with E-state index in [1.807, 2.05) is 6.20 Å². The predicted octanol–water partition coefficient (Wildman–Crippen LogP) is 5.17. The normalized spacial score (nSPS) is 11.4. The minimum absolute atomic E-state index is 0.706. The topological polar surface area (TPSA) is 38.9 Å². The van der Waals surface area contributed by atoms with E-state index in [1.54, 1.807) is 0 Å². The predicted molar refractivity (Wildman–Crippen MR) is 93.5 cm³/mol. The Morgan fingerprint density at radius 2 is 1.83 bits per heavy atom. The van der Waals surface area contributed by atoms with Gasteiger partial charge in [0, 0.05) is 28.2 Å². The number of nitrogens with zero attached hydrogens (tertiary/aromatic N) is 2. The first-order valence-corrected chi connectivity index (χ1v) is 8.06. The molecule has 0 amide bonds. The van der Waals surface area contributed by atoms with Crippen molar-refractivity contribution in [1.82, 2.24) is 9.97 Å². The van der Waals surface area contributed by atoms with E-state index in [1.165, 1.54) is 5.56 Å². The van der Waals surface area contributed by atoms with Gasteiger partial charge in [0.1, 0.15) is 5.58 Å². The first-order chi connectivity index (χ1) is 11.3. The fourth-order valence-corrected chi connectivity index (χ4v) is 2.91. The largest absolute Gasteiger partial charge is 0.437 e. The molecule has 0 unspecified atom stereocenters. The number of para-hydroxylation sites is 1. The lowest BCUT2D eigenvalue weighted by molar-refractivity contribution is 0.652. The molecule has 4 rings (SSSR count). The molecule has 0 bridgehead atoms. The summed E-state index contributed by atoms with van der Waals surface area (Å²) < 4.78 is 6.09. The molecule has 0 fully saturated rings. The van der Waals surface area contributed by atoms with E-state index in [-0.39, 0.29) is 0 Å². The molecule has 0 saturated carbocycles. The van der Waals surface area contributed by atoms with E-state index in [2.05, 4.69) is 66.3 Å². The van der Waals surface area contributed by atoms with Crippen LogP contribution in [-0.2, 0) is 12.8 Å². The fourth-order valence-electron chi connectivity index (χ4n) is 2.91. The van der Waals surface area contributed by atoms with Crippen molar-refractivity contribution in [2.75, 3.05) is 0 Å². The lowest BCUT2D eigenvalue weighted by Gasteiger charge is -2.02.